The lowest BCUT2D eigenvalue weighted by Gasteiger charge is -2.45. The summed E-state index contributed by atoms with van der Waals surface area (Å²) in [6.45, 7) is 4.97. The first-order chi connectivity index (χ1) is 11.1. The van der Waals surface area contributed by atoms with Crippen molar-refractivity contribution in [2.24, 2.45) is 0 Å². The molecule has 0 fully saturated rings. The van der Waals surface area contributed by atoms with Crippen LogP contribution in [0.2, 0.25) is 0 Å². The molecule has 2 aliphatic rings. The first-order valence-electron chi connectivity index (χ1n) is 7.92. The third-order valence-electron chi connectivity index (χ3n) is 4.39. The SMILES string of the molecule is CCO[C@H]1C=C2O[C@](C)(C1)c1ccc(OC)cc1[C@H]2OCOC. The van der Waals surface area contributed by atoms with E-state index in [0.717, 1.165) is 29.1 Å². The summed E-state index contributed by atoms with van der Waals surface area (Å²) in [7, 11) is 3.28. The average molecular weight is 320 g/mol. The Morgan fingerprint density at radius 2 is 2.09 bits per heavy atom. The highest BCUT2D eigenvalue weighted by Gasteiger charge is 2.46. The van der Waals surface area contributed by atoms with Crippen LogP contribution in [0.5, 0.6) is 5.75 Å². The first-order valence-corrected chi connectivity index (χ1v) is 7.92. The summed E-state index contributed by atoms with van der Waals surface area (Å²) >= 11 is 0. The van der Waals surface area contributed by atoms with Gasteiger partial charge in [-0.2, -0.15) is 0 Å². The Bertz CT molecular complexity index is 597. The van der Waals surface area contributed by atoms with Crippen LogP contribution >= 0.6 is 0 Å². The van der Waals surface area contributed by atoms with E-state index in [9.17, 15) is 0 Å². The van der Waals surface area contributed by atoms with E-state index < -0.39 is 5.60 Å². The van der Waals surface area contributed by atoms with E-state index in [4.69, 9.17) is 23.7 Å². The van der Waals surface area contributed by atoms with E-state index in [1.54, 1.807) is 14.2 Å². The molecule has 0 amide bonds. The van der Waals surface area contributed by atoms with E-state index in [-0.39, 0.29) is 19.0 Å². The van der Waals surface area contributed by atoms with Crippen LogP contribution in [0, 0.1) is 0 Å². The van der Waals surface area contributed by atoms with Crippen LogP contribution in [0.15, 0.2) is 30.0 Å². The zero-order valence-corrected chi connectivity index (χ0v) is 14.1. The van der Waals surface area contributed by atoms with Crippen molar-refractivity contribution >= 4 is 0 Å². The molecule has 3 atom stereocenters. The van der Waals surface area contributed by atoms with E-state index in [1.807, 2.05) is 25.1 Å². The maximum absolute atomic E-state index is 6.26. The van der Waals surface area contributed by atoms with Crippen LogP contribution < -0.4 is 4.74 Å². The molecule has 0 saturated heterocycles. The summed E-state index contributed by atoms with van der Waals surface area (Å²) in [6.07, 6.45) is 2.52. The number of benzene rings is 1. The van der Waals surface area contributed by atoms with Crippen molar-refractivity contribution in [1.82, 2.24) is 0 Å². The lowest BCUT2D eigenvalue weighted by Crippen LogP contribution is -2.41. The molecular formula is C18H24O5. The molecule has 126 valence electrons. The maximum atomic E-state index is 6.26. The number of methoxy groups -OCH3 is 2. The van der Waals surface area contributed by atoms with Crippen LogP contribution in [0.3, 0.4) is 0 Å². The fourth-order valence-electron chi connectivity index (χ4n) is 3.42. The summed E-state index contributed by atoms with van der Waals surface area (Å²) in [5.74, 6) is 1.59. The van der Waals surface area contributed by atoms with Gasteiger partial charge in [-0.1, -0.05) is 6.07 Å². The highest BCUT2D eigenvalue weighted by Crippen LogP contribution is 2.50. The lowest BCUT2D eigenvalue weighted by molar-refractivity contribution is -0.130. The molecule has 0 aliphatic carbocycles. The van der Waals surface area contributed by atoms with Gasteiger partial charge >= 0.3 is 0 Å². The van der Waals surface area contributed by atoms with Gasteiger partial charge in [0, 0.05) is 25.7 Å². The summed E-state index contributed by atoms with van der Waals surface area (Å²) < 4.78 is 28.4. The molecular weight excluding hydrogens is 296 g/mol. The standard InChI is InChI=1S/C18H24O5/c1-5-21-13-9-16-17(22-11-19-3)14-8-12(20-4)6-7-15(14)18(2,10-13)23-16/h6-9,13,17H,5,10-11H2,1-4H3/t13-,17+,18+/m0/s1. The van der Waals surface area contributed by atoms with Gasteiger partial charge in [-0.15, -0.1) is 0 Å². The minimum atomic E-state index is -0.418. The zero-order valence-electron chi connectivity index (χ0n) is 14.1. The molecule has 1 aromatic rings. The molecule has 1 aromatic carbocycles. The highest BCUT2D eigenvalue weighted by atomic mass is 16.7. The summed E-state index contributed by atoms with van der Waals surface area (Å²) in [5.41, 5.74) is 1.76. The number of rotatable bonds is 6. The molecule has 2 bridgehead atoms. The van der Waals surface area contributed by atoms with E-state index in [0.29, 0.717) is 6.61 Å². The van der Waals surface area contributed by atoms with Crippen molar-refractivity contribution < 1.29 is 23.7 Å². The Hall–Kier alpha value is -1.56. The number of ether oxygens (including phenoxy) is 5. The van der Waals surface area contributed by atoms with Crippen LogP contribution in [0.4, 0.5) is 0 Å². The molecule has 5 nitrogen and oxygen atoms in total. The van der Waals surface area contributed by atoms with Gasteiger partial charge in [0.05, 0.1) is 13.2 Å². The van der Waals surface area contributed by atoms with Gasteiger partial charge in [0.25, 0.3) is 0 Å². The monoisotopic (exact) mass is 320 g/mol. The molecule has 0 aromatic heterocycles. The Balaban J connectivity index is 2.06. The van der Waals surface area contributed by atoms with Gasteiger partial charge in [0.2, 0.25) is 0 Å². The number of hydrogen-bond acceptors (Lipinski definition) is 5. The van der Waals surface area contributed by atoms with Crippen molar-refractivity contribution in [3.8, 4) is 5.75 Å². The number of fused-ring (bicyclic) bond motifs is 4. The van der Waals surface area contributed by atoms with Gasteiger partial charge in [-0.05, 0) is 37.6 Å². The summed E-state index contributed by atoms with van der Waals surface area (Å²) in [6, 6.07) is 6.04. The predicted molar refractivity (Wildman–Crippen MR) is 85.2 cm³/mol. The fourth-order valence-corrected chi connectivity index (χ4v) is 3.42. The van der Waals surface area contributed by atoms with Crippen LogP contribution in [-0.4, -0.2) is 33.7 Å². The quantitative estimate of drug-likeness (QED) is 0.753. The zero-order chi connectivity index (χ0) is 16.4. The Morgan fingerprint density at radius 3 is 2.78 bits per heavy atom. The van der Waals surface area contributed by atoms with Crippen molar-refractivity contribution in [2.45, 2.75) is 38.1 Å². The van der Waals surface area contributed by atoms with Gasteiger partial charge in [-0.3, -0.25) is 0 Å². The largest absolute Gasteiger partial charge is 0.497 e. The Labute approximate surface area is 137 Å². The minimum absolute atomic E-state index is 0.0256. The average Bonchev–Trinajstić information content (AvgIpc) is 2.54. The molecule has 0 saturated carbocycles. The van der Waals surface area contributed by atoms with Gasteiger partial charge in [0.15, 0.2) is 0 Å². The van der Waals surface area contributed by atoms with Gasteiger partial charge in [-0.25, -0.2) is 0 Å². The smallest absolute Gasteiger partial charge is 0.147 e. The molecule has 0 unspecified atom stereocenters. The van der Waals surface area contributed by atoms with Crippen molar-refractivity contribution in [3.63, 3.8) is 0 Å². The molecule has 3 rings (SSSR count). The minimum Gasteiger partial charge on any atom is -0.497 e. The summed E-state index contributed by atoms with van der Waals surface area (Å²) in [4.78, 5) is 0. The van der Waals surface area contributed by atoms with Crippen molar-refractivity contribution in [2.75, 3.05) is 27.6 Å². The number of hydrogen-bond donors (Lipinski definition) is 0. The Kier molecular flexibility index (Phi) is 4.62. The fraction of sp³-hybridized carbons (Fsp3) is 0.556. The van der Waals surface area contributed by atoms with E-state index in [1.165, 1.54) is 0 Å². The Morgan fingerprint density at radius 1 is 1.26 bits per heavy atom. The van der Waals surface area contributed by atoms with Crippen LogP contribution in [0.25, 0.3) is 0 Å². The molecule has 2 heterocycles. The maximum Gasteiger partial charge on any atom is 0.147 e. The molecule has 2 aliphatic heterocycles. The third kappa shape index (κ3) is 2.96. The van der Waals surface area contributed by atoms with Crippen molar-refractivity contribution in [1.29, 1.82) is 0 Å². The van der Waals surface area contributed by atoms with Gasteiger partial charge < -0.3 is 23.7 Å². The normalized spacial score (nSPS) is 28.6. The molecule has 0 spiro atoms. The molecule has 0 N–H and O–H groups in total. The van der Waals surface area contributed by atoms with E-state index in [2.05, 4.69) is 13.0 Å². The summed E-state index contributed by atoms with van der Waals surface area (Å²) in [5, 5.41) is 0. The van der Waals surface area contributed by atoms with Crippen LogP contribution in [0.1, 0.15) is 37.5 Å². The lowest BCUT2D eigenvalue weighted by atomic mass is 9.79. The second kappa shape index (κ2) is 6.51. The second-order valence-corrected chi connectivity index (χ2v) is 6.01. The van der Waals surface area contributed by atoms with Crippen molar-refractivity contribution in [3.05, 3.63) is 41.2 Å². The van der Waals surface area contributed by atoms with Gasteiger partial charge in [0.1, 0.15) is 30.0 Å². The molecule has 23 heavy (non-hydrogen) atoms. The van der Waals surface area contributed by atoms with Crippen LogP contribution in [-0.2, 0) is 24.5 Å². The molecule has 0 radical (unpaired) electrons. The first kappa shape index (κ1) is 16.3. The molecule has 5 heteroatoms. The third-order valence-corrected chi connectivity index (χ3v) is 4.39. The van der Waals surface area contributed by atoms with E-state index >= 15 is 0 Å². The predicted octanol–water partition coefficient (Wildman–Crippen LogP) is 3.29. The second-order valence-electron chi connectivity index (χ2n) is 6.01. The topological polar surface area (TPSA) is 46.2 Å². The highest BCUT2D eigenvalue weighted by molar-refractivity contribution is 5.46.